The molecule has 0 radical (unpaired) electrons. The number of fused-ring (bicyclic) bond motifs is 8. The number of pyridine rings is 2. The van der Waals surface area contributed by atoms with Gasteiger partial charge in [-0.1, -0.05) is 12.1 Å². The van der Waals surface area contributed by atoms with Crippen molar-refractivity contribution in [3.63, 3.8) is 0 Å². The Kier molecular flexibility index (Phi) is 12.3. The van der Waals surface area contributed by atoms with Crippen molar-refractivity contribution in [2.24, 2.45) is 35.5 Å². The van der Waals surface area contributed by atoms with E-state index in [1.807, 2.05) is 36.2 Å². The van der Waals surface area contributed by atoms with Gasteiger partial charge in [0, 0.05) is 87.1 Å². The maximum atomic E-state index is 14.1. The van der Waals surface area contributed by atoms with Gasteiger partial charge in [-0.3, -0.25) is 9.59 Å². The van der Waals surface area contributed by atoms with Gasteiger partial charge in [-0.2, -0.15) is 0 Å². The number of nitrogens with one attached hydrogen (secondary N) is 2. The molecule has 4 aromatic rings. The van der Waals surface area contributed by atoms with Gasteiger partial charge in [-0.25, -0.2) is 9.97 Å². The molecule has 8 aliphatic rings. The Labute approximate surface area is 388 Å². The minimum absolute atomic E-state index is 0.0482. The van der Waals surface area contributed by atoms with E-state index in [-0.39, 0.29) is 23.7 Å². The fourth-order valence-corrected chi connectivity index (χ4v) is 12.8. The van der Waals surface area contributed by atoms with Gasteiger partial charge < -0.3 is 49.2 Å². The highest BCUT2D eigenvalue weighted by atomic mass is 16.5. The molecule has 66 heavy (non-hydrogen) atoms. The number of hydrogen-bond acceptors (Lipinski definition) is 12. The molecule has 4 bridgehead atoms. The maximum absolute atomic E-state index is 14.1. The van der Waals surface area contributed by atoms with Crippen LogP contribution in [0.25, 0.3) is 0 Å². The van der Waals surface area contributed by atoms with Crippen LogP contribution in [0, 0.1) is 35.5 Å². The van der Waals surface area contributed by atoms with Gasteiger partial charge in [-0.05, 0) is 124 Å². The monoisotopic (exact) mass is 896 g/mol. The summed E-state index contributed by atoms with van der Waals surface area (Å²) in [5, 5.41) is 7.00. The van der Waals surface area contributed by atoms with E-state index in [1.165, 1.54) is 25.7 Å². The lowest BCUT2D eigenvalue weighted by Gasteiger charge is -2.36. The third kappa shape index (κ3) is 8.39. The number of aromatic nitrogens is 2. The Balaban J connectivity index is 0.000000146. The number of amides is 2. The first-order chi connectivity index (χ1) is 32.4. The molecule has 6 heterocycles. The summed E-state index contributed by atoms with van der Waals surface area (Å²) in [5.74, 6) is 4.23. The maximum Gasteiger partial charge on any atom is 0.230 e. The number of ether oxygens (including phenoxy) is 4. The van der Waals surface area contributed by atoms with Gasteiger partial charge in [0.1, 0.15) is 11.6 Å². The van der Waals surface area contributed by atoms with Crippen LogP contribution in [0.5, 0.6) is 0 Å². The standard InChI is InChI=1S/2C26H32N4O3/c2*1-32-24-17-4-5-18(24)14-20(13-17)26(31)30-16-19-3-2-8-27-25(19)28-22-7-6-21(15-23(22)30)29-9-11-33-12-10-29/h2*2-3,6-8,15,17-18,20,24H,4-5,9-14,16H2,1H3,(H,27,28). The number of nitrogens with zero attached hydrogens (tertiary/aromatic N) is 6. The summed E-state index contributed by atoms with van der Waals surface area (Å²) in [5.41, 5.74) is 8.13. The minimum Gasteiger partial charge on any atom is -0.381 e. The normalized spacial score (nSPS) is 28.5. The van der Waals surface area contributed by atoms with Crippen molar-refractivity contribution in [3.05, 3.63) is 84.2 Å². The Bertz CT molecular complexity index is 2210. The van der Waals surface area contributed by atoms with E-state index in [4.69, 9.17) is 18.9 Å². The Morgan fingerprint density at radius 1 is 0.576 bits per heavy atom. The lowest BCUT2D eigenvalue weighted by atomic mass is 9.78. The molecule has 12 rings (SSSR count). The van der Waals surface area contributed by atoms with E-state index >= 15 is 0 Å². The number of hydrogen-bond donors (Lipinski definition) is 2. The average Bonchev–Trinajstić information content (AvgIpc) is 3.59. The first-order valence-electron chi connectivity index (χ1n) is 24.5. The molecule has 348 valence electrons. The molecule has 0 spiro atoms. The van der Waals surface area contributed by atoms with Crippen LogP contribution in [-0.2, 0) is 41.6 Å². The first-order valence-corrected chi connectivity index (χ1v) is 24.5. The molecule has 4 saturated carbocycles. The van der Waals surface area contributed by atoms with Crippen molar-refractivity contribution in [1.82, 2.24) is 9.97 Å². The second kappa shape index (κ2) is 18.8. The fourth-order valence-electron chi connectivity index (χ4n) is 12.8. The van der Waals surface area contributed by atoms with Crippen molar-refractivity contribution >= 4 is 57.6 Å². The predicted octanol–water partition coefficient (Wildman–Crippen LogP) is 7.92. The van der Waals surface area contributed by atoms with E-state index in [0.29, 0.717) is 49.0 Å². The van der Waals surface area contributed by atoms with Gasteiger partial charge >= 0.3 is 0 Å². The Morgan fingerprint density at radius 2 is 0.970 bits per heavy atom. The number of carbonyl (C=O) groups excluding carboxylic acids is 2. The molecular formula is C52H64N8O6. The van der Waals surface area contributed by atoms with Crippen LogP contribution in [0.2, 0.25) is 0 Å². The van der Waals surface area contributed by atoms with Crippen molar-refractivity contribution in [3.8, 4) is 0 Å². The number of anilines is 8. The Morgan fingerprint density at radius 3 is 1.35 bits per heavy atom. The van der Waals surface area contributed by atoms with Crippen molar-refractivity contribution < 1.29 is 28.5 Å². The Hall–Kier alpha value is -5.28. The highest BCUT2D eigenvalue weighted by Gasteiger charge is 2.48. The van der Waals surface area contributed by atoms with Crippen LogP contribution < -0.4 is 30.2 Å². The van der Waals surface area contributed by atoms with Crippen LogP contribution in [0.4, 0.5) is 45.8 Å². The van der Waals surface area contributed by atoms with Crippen LogP contribution in [0.3, 0.4) is 0 Å². The summed E-state index contributed by atoms with van der Waals surface area (Å²) in [7, 11) is 3.65. The summed E-state index contributed by atoms with van der Waals surface area (Å²) >= 11 is 0. The fraction of sp³-hybridized carbons (Fsp3) is 0.538. The molecule has 2 amide bonds. The largest absolute Gasteiger partial charge is 0.381 e. The first kappa shape index (κ1) is 43.3. The average molecular weight is 897 g/mol. The highest BCUT2D eigenvalue weighted by Crippen LogP contribution is 2.50. The zero-order valence-electron chi connectivity index (χ0n) is 38.4. The number of benzene rings is 2. The third-order valence-electron chi connectivity index (χ3n) is 16.0. The molecule has 2 N–H and O–H groups in total. The van der Waals surface area contributed by atoms with Crippen LogP contribution in [0.15, 0.2) is 73.1 Å². The number of carbonyl (C=O) groups is 2. The SMILES string of the molecule is COC1C2CCC1CC(C(=O)N1Cc3cccnc3Nc3ccc(N4CCOCC4)cc31)C2.COC1C2CCC1CC(C(=O)N1Cc3cccnc3Nc3ccc(N4CCOCC4)cc31)C2. The van der Waals surface area contributed by atoms with Crippen molar-refractivity contribution in [2.45, 2.75) is 76.7 Å². The summed E-state index contributed by atoms with van der Waals surface area (Å²) in [6.07, 6.45) is 12.7. The molecule has 2 saturated heterocycles. The quantitative estimate of drug-likeness (QED) is 0.195. The molecule has 4 aliphatic carbocycles. The topological polar surface area (TPSA) is 134 Å². The van der Waals surface area contributed by atoms with E-state index < -0.39 is 0 Å². The summed E-state index contributed by atoms with van der Waals surface area (Å²) in [6, 6.07) is 20.8. The van der Waals surface area contributed by atoms with E-state index in [9.17, 15) is 9.59 Å². The second-order valence-corrected chi connectivity index (χ2v) is 19.7. The lowest BCUT2D eigenvalue weighted by molar-refractivity contribution is -0.126. The van der Waals surface area contributed by atoms with Crippen LogP contribution in [0.1, 0.15) is 62.5 Å². The summed E-state index contributed by atoms with van der Waals surface area (Å²) < 4.78 is 22.7. The smallest absolute Gasteiger partial charge is 0.230 e. The minimum atomic E-state index is 0.0482. The molecule has 4 aliphatic heterocycles. The van der Waals surface area contributed by atoms with Gasteiger partial charge in [-0.15, -0.1) is 0 Å². The molecule has 14 nitrogen and oxygen atoms in total. The molecule has 4 unspecified atom stereocenters. The summed E-state index contributed by atoms with van der Waals surface area (Å²) in [4.78, 5) is 46.0. The number of rotatable bonds is 6. The van der Waals surface area contributed by atoms with Crippen molar-refractivity contribution in [2.75, 3.05) is 97.1 Å². The van der Waals surface area contributed by atoms with Gasteiger partial charge in [0.25, 0.3) is 0 Å². The van der Waals surface area contributed by atoms with Gasteiger partial charge in [0.15, 0.2) is 0 Å². The van der Waals surface area contributed by atoms with Gasteiger partial charge in [0.2, 0.25) is 11.8 Å². The van der Waals surface area contributed by atoms with Gasteiger partial charge in [0.05, 0.1) is 74.5 Å². The molecule has 4 atom stereocenters. The predicted molar refractivity (Wildman–Crippen MR) is 256 cm³/mol. The van der Waals surface area contributed by atoms with Crippen molar-refractivity contribution in [1.29, 1.82) is 0 Å². The molecule has 2 aromatic heterocycles. The zero-order valence-corrected chi connectivity index (χ0v) is 38.4. The lowest BCUT2D eigenvalue weighted by Crippen LogP contribution is -2.42. The second-order valence-electron chi connectivity index (χ2n) is 19.7. The number of methoxy groups -OCH3 is 2. The summed E-state index contributed by atoms with van der Waals surface area (Å²) in [6.45, 7) is 7.48. The molecular weight excluding hydrogens is 833 g/mol. The zero-order chi connectivity index (χ0) is 44.7. The van der Waals surface area contributed by atoms with Crippen LogP contribution in [-0.4, -0.2) is 101 Å². The van der Waals surface area contributed by atoms with Crippen LogP contribution >= 0.6 is 0 Å². The van der Waals surface area contributed by atoms with E-state index in [0.717, 1.165) is 135 Å². The molecule has 6 fully saturated rings. The molecule has 2 aromatic carbocycles. The third-order valence-corrected chi connectivity index (χ3v) is 16.0. The molecule has 14 heteroatoms. The highest BCUT2D eigenvalue weighted by molar-refractivity contribution is 6.01. The van der Waals surface area contributed by atoms with E-state index in [1.54, 1.807) is 12.4 Å². The number of morpholine rings is 2. The van der Waals surface area contributed by atoms with E-state index in [2.05, 4.69) is 78.9 Å².